The highest BCUT2D eigenvalue weighted by molar-refractivity contribution is 5.87. The van der Waals surface area contributed by atoms with E-state index in [4.69, 9.17) is 5.73 Å². The molecule has 5 nitrogen and oxygen atoms in total. The van der Waals surface area contributed by atoms with E-state index in [2.05, 4.69) is 20.5 Å². The van der Waals surface area contributed by atoms with Gasteiger partial charge in [-0.3, -0.25) is 5.10 Å². The number of anilines is 3. The van der Waals surface area contributed by atoms with E-state index >= 15 is 0 Å². The first-order valence-corrected chi connectivity index (χ1v) is 5.88. The number of aryl methyl sites for hydroxylation is 1. The highest BCUT2D eigenvalue weighted by Crippen LogP contribution is 2.25. The zero-order chi connectivity index (χ0) is 14.3. The van der Waals surface area contributed by atoms with E-state index in [9.17, 15) is 8.78 Å². The first kappa shape index (κ1) is 12.3. The highest BCUT2D eigenvalue weighted by atomic mass is 19.1. The van der Waals surface area contributed by atoms with E-state index in [-0.39, 0.29) is 23.0 Å². The largest absolute Gasteiger partial charge is 0.384 e. The van der Waals surface area contributed by atoms with Gasteiger partial charge in [0.05, 0.1) is 11.1 Å². The molecule has 0 unspecified atom stereocenters. The number of aromatic amines is 1. The highest BCUT2D eigenvalue weighted by Gasteiger charge is 2.12. The third kappa shape index (κ3) is 2.03. The predicted octanol–water partition coefficient (Wildman–Crippen LogP) is 2.87. The van der Waals surface area contributed by atoms with Crippen LogP contribution < -0.4 is 11.1 Å². The number of hydrogen-bond donors (Lipinski definition) is 3. The number of halogens is 2. The fourth-order valence-electron chi connectivity index (χ4n) is 1.89. The van der Waals surface area contributed by atoms with Crippen LogP contribution in [0.3, 0.4) is 0 Å². The zero-order valence-electron chi connectivity index (χ0n) is 10.5. The van der Waals surface area contributed by atoms with Crippen LogP contribution in [0.5, 0.6) is 0 Å². The van der Waals surface area contributed by atoms with Crippen LogP contribution >= 0.6 is 0 Å². The standard InChI is InChI=1S/C13H11F2N5/c1-6-2-3-8(14)10(4-6)17-13-9(15)5-7-11(16)19-20-12(7)18-13/h2-5H,1H3,(H4,16,17,18,19,20). The molecule has 0 bridgehead atoms. The summed E-state index contributed by atoms with van der Waals surface area (Å²) >= 11 is 0. The molecular weight excluding hydrogens is 264 g/mol. The van der Waals surface area contributed by atoms with Crippen molar-refractivity contribution in [2.45, 2.75) is 6.92 Å². The van der Waals surface area contributed by atoms with Crippen molar-refractivity contribution in [3.63, 3.8) is 0 Å². The number of nitrogens with zero attached hydrogens (tertiary/aromatic N) is 2. The molecule has 7 heteroatoms. The van der Waals surface area contributed by atoms with E-state index in [1.807, 2.05) is 6.92 Å². The van der Waals surface area contributed by atoms with Gasteiger partial charge in [0.2, 0.25) is 0 Å². The predicted molar refractivity (Wildman–Crippen MR) is 72.7 cm³/mol. The summed E-state index contributed by atoms with van der Waals surface area (Å²) in [6.07, 6.45) is 0. The first-order chi connectivity index (χ1) is 9.54. The van der Waals surface area contributed by atoms with Crippen molar-refractivity contribution in [2.75, 3.05) is 11.1 Å². The summed E-state index contributed by atoms with van der Waals surface area (Å²) in [6, 6.07) is 5.71. The van der Waals surface area contributed by atoms with Crippen molar-refractivity contribution in [1.29, 1.82) is 0 Å². The summed E-state index contributed by atoms with van der Waals surface area (Å²) < 4.78 is 27.6. The Balaban J connectivity index is 2.06. The molecule has 20 heavy (non-hydrogen) atoms. The number of hydrogen-bond acceptors (Lipinski definition) is 4. The minimum atomic E-state index is -0.633. The third-order valence-electron chi connectivity index (χ3n) is 2.90. The van der Waals surface area contributed by atoms with Gasteiger partial charge in [-0.05, 0) is 30.7 Å². The van der Waals surface area contributed by atoms with Gasteiger partial charge in [0.25, 0.3) is 0 Å². The van der Waals surface area contributed by atoms with Crippen LogP contribution in [-0.2, 0) is 0 Å². The molecule has 0 spiro atoms. The zero-order valence-corrected chi connectivity index (χ0v) is 10.5. The smallest absolute Gasteiger partial charge is 0.185 e. The molecule has 3 aromatic rings. The molecule has 0 amide bonds. The maximum Gasteiger partial charge on any atom is 0.185 e. The minimum Gasteiger partial charge on any atom is -0.384 e. The summed E-state index contributed by atoms with van der Waals surface area (Å²) in [5.41, 5.74) is 6.85. The van der Waals surface area contributed by atoms with E-state index in [1.54, 1.807) is 12.1 Å². The first-order valence-electron chi connectivity index (χ1n) is 5.88. The maximum absolute atomic E-state index is 14.0. The summed E-state index contributed by atoms with van der Waals surface area (Å²) in [5, 5.41) is 9.37. The Kier molecular flexibility index (Phi) is 2.74. The Morgan fingerprint density at radius 3 is 2.80 bits per heavy atom. The molecule has 4 N–H and O–H groups in total. The Morgan fingerprint density at radius 1 is 1.20 bits per heavy atom. The SMILES string of the molecule is Cc1ccc(F)c(Nc2nc3n[nH]c(N)c3cc2F)c1. The fourth-order valence-corrected chi connectivity index (χ4v) is 1.89. The summed E-state index contributed by atoms with van der Waals surface area (Å²) in [4.78, 5) is 3.99. The van der Waals surface area contributed by atoms with Crippen LogP contribution in [0.25, 0.3) is 11.0 Å². The molecule has 0 saturated carbocycles. The second-order valence-electron chi connectivity index (χ2n) is 4.44. The van der Waals surface area contributed by atoms with Gasteiger partial charge in [0.15, 0.2) is 17.3 Å². The van der Waals surface area contributed by atoms with Crippen molar-refractivity contribution in [2.24, 2.45) is 0 Å². The summed E-state index contributed by atoms with van der Waals surface area (Å²) in [6.45, 7) is 1.81. The van der Waals surface area contributed by atoms with Gasteiger partial charge >= 0.3 is 0 Å². The molecule has 2 aromatic heterocycles. The Morgan fingerprint density at radius 2 is 2.00 bits per heavy atom. The number of rotatable bonds is 2. The lowest BCUT2D eigenvalue weighted by atomic mass is 10.2. The summed E-state index contributed by atoms with van der Waals surface area (Å²) in [5.74, 6) is -0.988. The molecule has 0 aliphatic carbocycles. The van der Waals surface area contributed by atoms with Crippen molar-refractivity contribution in [3.8, 4) is 0 Å². The molecule has 2 heterocycles. The second-order valence-corrected chi connectivity index (χ2v) is 4.44. The van der Waals surface area contributed by atoms with E-state index in [0.29, 0.717) is 5.39 Å². The lowest BCUT2D eigenvalue weighted by Crippen LogP contribution is -2.00. The summed E-state index contributed by atoms with van der Waals surface area (Å²) in [7, 11) is 0. The molecule has 0 aliphatic heterocycles. The lowest BCUT2D eigenvalue weighted by Gasteiger charge is -2.08. The van der Waals surface area contributed by atoms with Gasteiger partial charge in [0, 0.05) is 0 Å². The minimum absolute atomic E-state index is 0.103. The molecule has 1 aromatic carbocycles. The average molecular weight is 275 g/mol. The number of H-pyrrole nitrogens is 1. The molecule has 3 rings (SSSR count). The van der Waals surface area contributed by atoms with Gasteiger partial charge < -0.3 is 11.1 Å². The van der Waals surface area contributed by atoms with E-state index < -0.39 is 11.6 Å². The maximum atomic E-state index is 14.0. The number of fused-ring (bicyclic) bond motifs is 1. The molecule has 0 radical (unpaired) electrons. The quantitative estimate of drug-likeness (QED) is 0.672. The van der Waals surface area contributed by atoms with Crippen LogP contribution in [0.1, 0.15) is 5.56 Å². The molecule has 0 saturated heterocycles. The van der Waals surface area contributed by atoms with Crippen molar-refractivity contribution < 1.29 is 8.78 Å². The number of pyridine rings is 1. The van der Waals surface area contributed by atoms with E-state index in [1.165, 1.54) is 12.1 Å². The molecule has 0 aliphatic rings. The van der Waals surface area contributed by atoms with Crippen LogP contribution in [0.15, 0.2) is 24.3 Å². The molecule has 0 fully saturated rings. The Labute approximate surface area is 112 Å². The fraction of sp³-hybridized carbons (Fsp3) is 0.0769. The van der Waals surface area contributed by atoms with Gasteiger partial charge in [-0.15, -0.1) is 0 Å². The van der Waals surface area contributed by atoms with Gasteiger partial charge in [-0.25, -0.2) is 13.8 Å². The van der Waals surface area contributed by atoms with Crippen molar-refractivity contribution in [3.05, 3.63) is 41.5 Å². The van der Waals surface area contributed by atoms with Crippen molar-refractivity contribution in [1.82, 2.24) is 15.2 Å². The normalized spacial score (nSPS) is 10.9. The average Bonchev–Trinajstić information content (AvgIpc) is 2.76. The topological polar surface area (TPSA) is 79.6 Å². The van der Waals surface area contributed by atoms with Crippen LogP contribution in [0.2, 0.25) is 0 Å². The van der Waals surface area contributed by atoms with Crippen LogP contribution in [-0.4, -0.2) is 15.2 Å². The molecular formula is C13H11F2N5. The van der Waals surface area contributed by atoms with Crippen molar-refractivity contribution >= 4 is 28.4 Å². The number of nitrogens with two attached hydrogens (primary N) is 1. The Hall–Kier alpha value is -2.70. The second kappa shape index (κ2) is 4.44. The number of benzene rings is 1. The van der Waals surface area contributed by atoms with Gasteiger partial charge in [-0.1, -0.05) is 6.07 Å². The number of nitrogens with one attached hydrogen (secondary N) is 2. The number of aromatic nitrogens is 3. The molecule has 102 valence electrons. The third-order valence-corrected chi connectivity index (χ3v) is 2.90. The molecule has 0 atom stereocenters. The van der Waals surface area contributed by atoms with Gasteiger partial charge in [-0.2, -0.15) is 5.10 Å². The van der Waals surface area contributed by atoms with Gasteiger partial charge in [0.1, 0.15) is 11.6 Å². The Bertz CT molecular complexity index is 797. The number of nitrogen functional groups attached to an aromatic ring is 1. The van der Waals surface area contributed by atoms with Crippen LogP contribution in [0, 0.1) is 18.6 Å². The van der Waals surface area contributed by atoms with Crippen LogP contribution in [0.4, 0.5) is 26.1 Å². The monoisotopic (exact) mass is 275 g/mol. The lowest BCUT2D eigenvalue weighted by molar-refractivity contribution is 0.623. The van der Waals surface area contributed by atoms with E-state index in [0.717, 1.165) is 5.56 Å².